The summed E-state index contributed by atoms with van der Waals surface area (Å²) in [5, 5.41) is 0.637. The molecule has 1 atom stereocenters. The summed E-state index contributed by atoms with van der Waals surface area (Å²) in [6, 6.07) is 23.4. The van der Waals surface area contributed by atoms with Gasteiger partial charge in [0.2, 0.25) is 0 Å². The fourth-order valence-corrected chi connectivity index (χ4v) is 4.79. The summed E-state index contributed by atoms with van der Waals surface area (Å²) in [7, 11) is -3.73. The molecule has 1 unspecified atom stereocenters. The minimum Gasteiger partial charge on any atom is -0.257 e. The van der Waals surface area contributed by atoms with Crippen LogP contribution in [0.25, 0.3) is 0 Å². The lowest BCUT2D eigenvalue weighted by Crippen LogP contribution is -2.35. The van der Waals surface area contributed by atoms with Gasteiger partial charge in [0, 0.05) is 10.6 Å². The van der Waals surface area contributed by atoms with E-state index in [-0.39, 0.29) is 17.5 Å². The summed E-state index contributed by atoms with van der Waals surface area (Å²) in [5.41, 5.74) is 2.71. The highest BCUT2D eigenvalue weighted by Gasteiger charge is 2.36. The normalized spacial score (nSPS) is 16.9. The molecule has 0 N–H and O–H groups in total. The lowest BCUT2D eigenvalue weighted by atomic mass is 10.1. The van der Waals surface area contributed by atoms with Crippen molar-refractivity contribution in [2.24, 2.45) is 4.99 Å². The fraction of sp³-hybridized carbons (Fsp3) is 0.136. The van der Waals surface area contributed by atoms with Gasteiger partial charge in [-0.15, -0.1) is 0 Å². The molecule has 0 aromatic heterocycles. The van der Waals surface area contributed by atoms with E-state index < -0.39 is 10.0 Å². The number of benzene rings is 3. The van der Waals surface area contributed by atoms with Gasteiger partial charge in [0.1, 0.15) is 5.84 Å². The zero-order chi connectivity index (χ0) is 19.7. The first kappa shape index (κ1) is 18.7. The maximum atomic E-state index is 13.4. The molecule has 0 saturated carbocycles. The molecule has 0 bridgehead atoms. The Morgan fingerprint density at radius 2 is 1.57 bits per heavy atom. The van der Waals surface area contributed by atoms with E-state index in [1.807, 2.05) is 49.4 Å². The van der Waals surface area contributed by atoms with E-state index in [9.17, 15) is 8.42 Å². The predicted molar refractivity (Wildman–Crippen MR) is 112 cm³/mol. The zero-order valence-electron chi connectivity index (χ0n) is 15.3. The Hall–Kier alpha value is -2.63. The molecule has 4 nitrogen and oxygen atoms in total. The van der Waals surface area contributed by atoms with Gasteiger partial charge in [0.05, 0.1) is 17.5 Å². The van der Waals surface area contributed by atoms with E-state index in [0.29, 0.717) is 10.9 Å². The van der Waals surface area contributed by atoms with Crippen molar-refractivity contribution in [1.29, 1.82) is 0 Å². The van der Waals surface area contributed by atoms with E-state index >= 15 is 0 Å². The van der Waals surface area contributed by atoms with Crippen LogP contribution in [0.3, 0.4) is 0 Å². The molecule has 28 heavy (non-hydrogen) atoms. The lowest BCUT2D eigenvalue weighted by molar-refractivity contribution is 0.520. The maximum absolute atomic E-state index is 13.4. The Labute approximate surface area is 170 Å². The van der Waals surface area contributed by atoms with E-state index in [0.717, 1.165) is 16.7 Å². The van der Waals surface area contributed by atoms with Crippen molar-refractivity contribution in [2.75, 3.05) is 6.54 Å². The van der Waals surface area contributed by atoms with Crippen molar-refractivity contribution in [3.63, 3.8) is 0 Å². The van der Waals surface area contributed by atoms with Gasteiger partial charge < -0.3 is 0 Å². The van der Waals surface area contributed by atoms with E-state index in [2.05, 4.69) is 0 Å². The minimum absolute atomic E-state index is 0.252. The first-order valence-electron chi connectivity index (χ1n) is 8.93. The van der Waals surface area contributed by atoms with Gasteiger partial charge in [-0.1, -0.05) is 71.8 Å². The van der Waals surface area contributed by atoms with Gasteiger partial charge in [-0.3, -0.25) is 4.99 Å². The van der Waals surface area contributed by atoms with Crippen molar-refractivity contribution in [2.45, 2.75) is 17.9 Å². The molecule has 1 aliphatic heterocycles. The van der Waals surface area contributed by atoms with Crippen molar-refractivity contribution >= 4 is 27.5 Å². The quantitative estimate of drug-likeness (QED) is 0.617. The van der Waals surface area contributed by atoms with Crippen LogP contribution in [0.2, 0.25) is 5.02 Å². The molecule has 0 aliphatic carbocycles. The van der Waals surface area contributed by atoms with Crippen LogP contribution >= 0.6 is 11.6 Å². The number of aryl methyl sites for hydroxylation is 1. The van der Waals surface area contributed by atoms with E-state index in [1.165, 1.54) is 4.31 Å². The van der Waals surface area contributed by atoms with Crippen LogP contribution in [0, 0.1) is 6.92 Å². The predicted octanol–water partition coefficient (Wildman–Crippen LogP) is 4.84. The third-order valence-corrected chi connectivity index (χ3v) is 6.77. The van der Waals surface area contributed by atoms with Crippen LogP contribution < -0.4 is 0 Å². The van der Waals surface area contributed by atoms with E-state index in [1.54, 1.807) is 36.4 Å². The zero-order valence-corrected chi connectivity index (χ0v) is 16.9. The fourth-order valence-electron chi connectivity index (χ4n) is 3.22. The number of hydrogen-bond acceptors (Lipinski definition) is 3. The van der Waals surface area contributed by atoms with Crippen LogP contribution in [0.4, 0.5) is 0 Å². The molecule has 1 aliphatic rings. The number of aliphatic imine (C=N–C) groups is 1. The molecule has 0 amide bonds. The lowest BCUT2D eigenvalue weighted by Gasteiger charge is -2.21. The first-order chi connectivity index (χ1) is 13.4. The minimum atomic E-state index is -3.73. The standard InChI is InChI=1S/C22H19ClN2O2S/c1-16-7-13-20(14-8-16)28(26,27)25-15-21(17-9-11-19(23)12-10-17)24-22(25)18-5-3-2-4-6-18/h2-14,21H,15H2,1H3. The average molecular weight is 411 g/mol. The first-order valence-corrected chi connectivity index (χ1v) is 10.7. The number of halogens is 1. The summed E-state index contributed by atoms with van der Waals surface area (Å²) < 4.78 is 28.2. The van der Waals surface area contributed by atoms with Crippen LogP contribution in [0.15, 0.2) is 88.8 Å². The van der Waals surface area contributed by atoms with Gasteiger partial charge in [-0.2, -0.15) is 0 Å². The van der Waals surface area contributed by atoms with Crippen molar-refractivity contribution in [3.05, 3.63) is 101 Å². The molecule has 0 radical (unpaired) electrons. The highest BCUT2D eigenvalue weighted by molar-refractivity contribution is 7.89. The molecule has 142 valence electrons. The van der Waals surface area contributed by atoms with Crippen LogP contribution in [0.1, 0.15) is 22.7 Å². The van der Waals surface area contributed by atoms with Gasteiger partial charge in [0.25, 0.3) is 10.0 Å². The van der Waals surface area contributed by atoms with Crippen LogP contribution in [0.5, 0.6) is 0 Å². The summed E-state index contributed by atoms with van der Waals surface area (Å²) in [6.07, 6.45) is 0. The summed E-state index contributed by atoms with van der Waals surface area (Å²) in [5.74, 6) is 0.459. The van der Waals surface area contributed by atoms with Crippen LogP contribution in [-0.2, 0) is 10.0 Å². The number of nitrogens with zero attached hydrogens (tertiary/aromatic N) is 2. The Bertz CT molecular complexity index is 1110. The Morgan fingerprint density at radius 1 is 0.929 bits per heavy atom. The molecule has 4 rings (SSSR count). The van der Waals surface area contributed by atoms with Crippen molar-refractivity contribution in [3.8, 4) is 0 Å². The summed E-state index contributed by atoms with van der Waals surface area (Å²) in [6.45, 7) is 2.18. The molecule has 1 heterocycles. The van der Waals surface area contributed by atoms with Gasteiger partial charge >= 0.3 is 0 Å². The summed E-state index contributed by atoms with van der Waals surface area (Å²) >= 11 is 5.99. The number of amidine groups is 1. The SMILES string of the molecule is Cc1ccc(S(=O)(=O)N2CC(c3ccc(Cl)cc3)N=C2c2ccccc2)cc1. The van der Waals surface area contributed by atoms with Gasteiger partial charge in [-0.25, -0.2) is 12.7 Å². The molecule has 3 aromatic rings. The molecule has 3 aromatic carbocycles. The number of hydrogen-bond donors (Lipinski definition) is 0. The van der Waals surface area contributed by atoms with Crippen molar-refractivity contribution in [1.82, 2.24) is 4.31 Å². The average Bonchev–Trinajstić information content (AvgIpc) is 3.16. The smallest absolute Gasteiger partial charge is 0.257 e. The molecular formula is C22H19ClN2O2S. The Balaban J connectivity index is 1.78. The second-order valence-corrected chi connectivity index (χ2v) is 9.03. The van der Waals surface area contributed by atoms with Gasteiger partial charge in [0.15, 0.2) is 0 Å². The monoisotopic (exact) mass is 410 g/mol. The topological polar surface area (TPSA) is 49.7 Å². The second-order valence-electron chi connectivity index (χ2n) is 6.74. The van der Waals surface area contributed by atoms with Crippen molar-refractivity contribution < 1.29 is 8.42 Å². The van der Waals surface area contributed by atoms with Crippen LogP contribution in [-0.4, -0.2) is 25.1 Å². The maximum Gasteiger partial charge on any atom is 0.265 e. The van der Waals surface area contributed by atoms with E-state index in [4.69, 9.17) is 16.6 Å². The molecule has 6 heteroatoms. The summed E-state index contributed by atoms with van der Waals surface area (Å²) in [4.78, 5) is 5.03. The molecule has 0 spiro atoms. The largest absolute Gasteiger partial charge is 0.265 e. The number of sulfonamides is 1. The highest BCUT2D eigenvalue weighted by Crippen LogP contribution is 2.32. The third-order valence-electron chi connectivity index (χ3n) is 4.75. The number of rotatable bonds is 4. The third kappa shape index (κ3) is 3.55. The second kappa shape index (κ2) is 7.41. The molecule has 0 fully saturated rings. The van der Waals surface area contributed by atoms with Gasteiger partial charge in [-0.05, 0) is 36.8 Å². The molecular weight excluding hydrogens is 392 g/mol. The molecule has 0 saturated heterocycles. The highest BCUT2D eigenvalue weighted by atomic mass is 35.5. The Morgan fingerprint density at radius 3 is 2.21 bits per heavy atom. The Kier molecular flexibility index (Phi) is 4.96.